The van der Waals surface area contributed by atoms with Crippen LogP contribution in [0.15, 0.2) is 49.1 Å². The number of halogens is 1. The molecule has 1 aliphatic heterocycles. The molecule has 0 amide bonds. The quantitative estimate of drug-likeness (QED) is 0.799. The molecule has 1 unspecified atom stereocenters. The Bertz CT molecular complexity index is 795. The topological polar surface area (TPSA) is 49.7 Å². The van der Waals surface area contributed by atoms with Gasteiger partial charge in [0.25, 0.3) is 0 Å². The molecule has 24 heavy (non-hydrogen) atoms. The van der Waals surface area contributed by atoms with Gasteiger partial charge in [-0.3, -0.25) is 4.90 Å². The van der Waals surface area contributed by atoms with Crippen LogP contribution in [0, 0.1) is 5.82 Å². The zero-order valence-electron chi connectivity index (χ0n) is 13.4. The number of nitrogens with one attached hydrogen (secondary N) is 1. The Morgan fingerprint density at radius 2 is 2.17 bits per heavy atom. The smallest absolute Gasteiger partial charge is 0.148 e. The molecule has 1 atom stereocenters. The summed E-state index contributed by atoms with van der Waals surface area (Å²) >= 11 is 0. The lowest BCUT2D eigenvalue weighted by molar-refractivity contribution is 0.134. The van der Waals surface area contributed by atoms with Crippen molar-refractivity contribution in [2.45, 2.75) is 31.8 Å². The molecule has 3 heterocycles. The van der Waals surface area contributed by atoms with E-state index < -0.39 is 0 Å². The second-order valence-electron chi connectivity index (χ2n) is 6.20. The third kappa shape index (κ3) is 2.97. The molecule has 1 N–H and O–H groups in total. The Kier molecular flexibility index (Phi) is 4.13. The van der Waals surface area contributed by atoms with E-state index in [1.54, 1.807) is 23.0 Å². The van der Waals surface area contributed by atoms with Crippen LogP contribution in [0.1, 0.15) is 36.7 Å². The summed E-state index contributed by atoms with van der Waals surface area (Å²) in [7, 11) is 0. The van der Waals surface area contributed by atoms with Crippen molar-refractivity contribution in [2.24, 2.45) is 0 Å². The fraction of sp³-hybridized carbons (Fsp3) is 0.333. The summed E-state index contributed by atoms with van der Waals surface area (Å²) in [6.07, 6.45) is 10.9. The van der Waals surface area contributed by atoms with Gasteiger partial charge in [0.1, 0.15) is 17.3 Å². The van der Waals surface area contributed by atoms with Crippen LogP contribution in [0.3, 0.4) is 0 Å². The molecule has 4 rings (SSSR count). The number of nitrogens with zero attached hydrogens (tertiary/aromatic N) is 4. The zero-order valence-corrected chi connectivity index (χ0v) is 13.4. The van der Waals surface area contributed by atoms with Crippen LogP contribution in [-0.2, 0) is 6.54 Å². The van der Waals surface area contributed by atoms with Gasteiger partial charge in [0.05, 0.1) is 12.2 Å². The highest BCUT2D eigenvalue weighted by Gasteiger charge is 2.26. The number of imidazole rings is 1. The van der Waals surface area contributed by atoms with Gasteiger partial charge in [0, 0.05) is 30.7 Å². The normalized spacial score (nSPS) is 18.8. The van der Waals surface area contributed by atoms with E-state index in [1.165, 1.54) is 18.9 Å². The van der Waals surface area contributed by atoms with Crippen LogP contribution in [0.4, 0.5) is 4.39 Å². The van der Waals surface area contributed by atoms with Gasteiger partial charge >= 0.3 is 0 Å². The molecule has 5 nitrogen and oxygen atoms in total. The summed E-state index contributed by atoms with van der Waals surface area (Å²) in [5, 5.41) is 4.33. The van der Waals surface area contributed by atoms with Crippen molar-refractivity contribution < 1.29 is 4.39 Å². The van der Waals surface area contributed by atoms with Crippen molar-refractivity contribution in [1.82, 2.24) is 24.6 Å². The lowest BCUT2D eigenvalue weighted by Gasteiger charge is -2.34. The Hall–Kier alpha value is -2.47. The van der Waals surface area contributed by atoms with E-state index in [4.69, 9.17) is 0 Å². The summed E-state index contributed by atoms with van der Waals surface area (Å²) < 4.78 is 15.5. The standard InChI is InChI=1S/C18H20FN5/c19-15-5-1-2-6-16(15)24-13-14(11-22-24)12-23-10-4-3-7-17(23)18-20-8-9-21-18/h1-2,5-6,8-9,11,13,17H,3-4,7,10,12H2,(H,20,21). The number of rotatable bonds is 4. The zero-order chi connectivity index (χ0) is 16.4. The Morgan fingerprint density at radius 3 is 3.00 bits per heavy atom. The first-order valence-electron chi connectivity index (χ1n) is 8.33. The number of H-pyrrole nitrogens is 1. The molecule has 0 bridgehead atoms. The molecular weight excluding hydrogens is 305 g/mol. The number of likely N-dealkylation sites (tertiary alicyclic amines) is 1. The molecule has 1 saturated heterocycles. The van der Waals surface area contributed by atoms with Gasteiger partial charge in [-0.1, -0.05) is 18.6 Å². The van der Waals surface area contributed by atoms with Crippen LogP contribution in [-0.4, -0.2) is 31.2 Å². The van der Waals surface area contributed by atoms with Crippen molar-refractivity contribution in [3.8, 4) is 5.69 Å². The van der Waals surface area contributed by atoms with E-state index in [9.17, 15) is 4.39 Å². The minimum Gasteiger partial charge on any atom is -0.347 e. The number of para-hydroxylation sites is 1. The molecule has 124 valence electrons. The number of piperidine rings is 1. The minimum atomic E-state index is -0.265. The van der Waals surface area contributed by atoms with Crippen LogP contribution >= 0.6 is 0 Å². The van der Waals surface area contributed by atoms with Gasteiger partial charge in [0.15, 0.2) is 0 Å². The lowest BCUT2D eigenvalue weighted by Crippen LogP contribution is -2.33. The molecule has 0 saturated carbocycles. The Balaban J connectivity index is 1.54. The molecule has 0 aliphatic carbocycles. The van der Waals surface area contributed by atoms with Gasteiger partial charge < -0.3 is 4.98 Å². The van der Waals surface area contributed by atoms with Crippen LogP contribution in [0.25, 0.3) is 5.69 Å². The third-order valence-corrected chi connectivity index (χ3v) is 4.57. The highest BCUT2D eigenvalue weighted by atomic mass is 19.1. The maximum absolute atomic E-state index is 13.9. The third-order valence-electron chi connectivity index (χ3n) is 4.57. The largest absolute Gasteiger partial charge is 0.347 e. The van der Waals surface area contributed by atoms with Gasteiger partial charge in [-0.15, -0.1) is 0 Å². The van der Waals surface area contributed by atoms with E-state index in [1.807, 2.05) is 24.7 Å². The van der Waals surface area contributed by atoms with Crippen molar-refractivity contribution in [2.75, 3.05) is 6.54 Å². The molecule has 1 fully saturated rings. The first-order chi connectivity index (χ1) is 11.8. The Morgan fingerprint density at radius 1 is 1.25 bits per heavy atom. The first kappa shape index (κ1) is 15.1. The van der Waals surface area contributed by atoms with Gasteiger partial charge in [-0.05, 0) is 31.5 Å². The Labute approximate surface area is 140 Å². The molecular formula is C18H20FN5. The molecule has 1 aromatic carbocycles. The molecule has 2 aromatic heterocycles. The van der Waals surface area contributed by atoms with E-state index >= 15 is 0 Å². The van der Waals surface area contributed by atoms with Crippen LogP contribution in [0.5, 0.6) is 0 Å². The van der Waals surface area contributed by atoms with Crippen molar-refractivity contribution >= 4 is 0 Å². The fourth-order valence-electron chi connectivity index (χ4n) is 3.40. The maximum Gasteiger partial charge on any atom is 0.148 e. The molecule has 0 spiro atoms. The van der Waals surface area contributed by atoms with E-state index in [-0.39, 0.29) is 5.82 Å². The highest BCUT2D eigenvalue weighted by Crippen LogP contribution is 2.30. The lowest BCUT2D eigenvalue weighted by atomic mass is 10.0. The van der Waals surface area contributed by atoms with Crippen molar-refractivity contribution in [3.63, 3.8) is 0 Å². The van der Waals surface area contributed by atoms with Gasteiger partial charge in [-0.25, -0.2) is 14.1 Å². The fourth-order valence-corrected chi connectivity index (χ4v) is 3.40. The predicted molar refractivity (Wildman–Crippen MR) is 89.1 cm³/mol. The second kappa shape index (κ2) is 6.57. The monoisotopic (exact) mass is 325 g/mol. The molecule has 6 heteroatoms. The minimum absolute atomic E-state index is 0.265. The average molecular weight is 325 g/mol. The maximum atomic E-state index is 13.9. The SMILES string of the molecule is Fc1ccccc1-n1cc(CN2CCCCC2c2ncc[nH]2)cn1. The number of aromatic amines is 1. The van der Waals surface area contributed by atoms with E-state index in [0.29, 0.717) is 11.7 Å². The second-order valence-corrected chi connectivity index (χ2v) is 6.20. The van der Waals surface area contributed by atoms with Gasteiger partial charge in [0.2, 0.25) is 0 Å². The van der Waals surface area contributed by atoms with Gasteiger partial charge in [-0.2, -0.15) is 5.10 Å². The highest BCUT2D eigenvalue weighted by molar-refractivity contribution is 5.33. The average Bonchev–Trinajstić information content (AvgIpc) is 3.28. The summed E-state index contributed by atoms with van der Waals surface area (Å²) in [6.45, 7) is 1.83. The summed E-state index contributed by atoms with van der Waals surface area (Å²) in [5.41, 5.74) is 1.56. The van der Waals surface area contributed by atoms with Crippen LogP contribution < -0.4 is 0 Å². The van der Waals surface area contributed by atoms with Crippen molar-refractivity contribution in [3.05, 3.63) is 66.3 Å². The number of benzene rings is 1. The summed E-state index contributed by atoms with van der Waals surface area (Å²) in [5.74, 6) is 0.759. The van der Waals surface area contributed by atoms with Crippen LogP contribution in [0.2, 0.25) is 0 Å². The predicted octanol–water partition coefficient (Wildman–Crippen LogP) is 3.46. The number of aromatic nitrogens is 4. The summed E-state index contributed by atoms with van der Waals surface area (Å²) in [4.78, 5) is 10.1. The molecule has 0 radical (unpaired) electrons. The molecule has 1 aliphatic rings. The number of hydrogen-bond donors (Lipinski definition) is 1. The first-order valence-corrected chi connectivity index (χ1v) is 8.33. The molecule has 3 aromatic rings. The number of hydrogen-bond acceptors (Lipinski definition) is 3. The summed E-state index contributed by atoms with van der Waals surface area (Å²) in [6, 6.07) is 7.00. The van der Waals surface area contributed by atoms with E-state index in [2.05, 4.69) is 20.0 Å². The van der Waals surface area contributed by atoms with E-state index in [0.717, 1.165) is 30.9 Å². The van der Waals surface area contributed by atoms with Crippen molar-refractivity contribution in [1.29, 1.82) is 0 Å².